The lowest BCUT2D eigenvalue weighted by Crippen LogP contribution is -2.13. The molecule has 0 aromatic carbocycles. The highest BCUT2D eigenvalue weighted by atomic mass is 31.1. The maximum Gasteiger partial charge on any atom is 0.508 e. The number of hydrogen-bond acceptors (Lipinski definition) is 1. The van der Waals surface area contributed by atoms with Gasteiger partial charge in [0.2, 0.25) is 0 Å². The van der Waals surface area contributed by atoms with Crippen LogP contribution in [0.4, 0.5) is 0 Å². The molecule has 1 rings (SSSR count). The van der Waals surface area contributed by atoms with Crippen molar-refractivity contribution in [3.63, 3.8) is 0 Å². The van der Waals surface area contributed by atoms with E-state index in [2.05, 4.69) is 6.92 Å². The molecular formula is C7H14O2P+. The molecule has 0 aromatic rings. The third kappa shape index (κ3) is 2.03. The van der Waals surface area contributed by atoms with Gasteiger partial charge in [-0.1, -0.05) is 6.92 Å². The second-order valence-corrected chi connectivity index (χ2v) is 4.55. The van der Waals surface area contributed by atoms with Crippen molar-refractivity contribution >= 4 is 8.03 Å². The van der Waals surface area contributed by atoms with Gasteiger partial charge >= 0.3 is 8.03 Å². The molecule has 1 aliphatic rings. The van der Waals surface area contributed by atoms with Gasteiger partial charge in [-0.05, 0) is 36.2 Å². The Kier molecular flexibility index (Phi) is 2.82. The zero-order valence-electron chi connectivity index (χ0n) is 6.29. The van der Waals surface area contributed by atoms with E-state index in [0.29, 0.717) is 0 Å². The van der Waals surface area contributed by atoms with Crippen molar-refractivity contribution in [3.8, 4) is 0 Å². The highest BCUT2D eigenvalue weighted by molar-refractivity contribution is 7.38. The number of rotatable bonds is 1. The fourth-order valence-electron chi connectivity index (χ4n) is 1.46. The Balaban J connectivity index is 2.33. The summed E-state index contributed by atoms with van der Waals surface area (Å²) < 4.78 is 10.6. The minimum atomic E-state index is -1.89. The van der Waals surface area contributed by atoms with E-state index in [0.717, 1.165) is 31.6 Å². The standard InChI is InChI=1S/C7H13O2P/c1-6-2-4-7(5-3-6)10(8)9/h6-7H,2-5H2,1H3/p+1. The molecule has 0 aliphatic heterocycles. The summed E-state index contributed by atoms with van der Waals surface area (Å²) in [7, 11) is -1.89. The van der Waals surface area contributed by atoms with Crippen molar-refractivity contribution in [3.05, 3.63) is 0 Å². The quantitative estimate of drug-likeness (QED) is 0.599. The van der Waals surface area contributed by atoms with Gasteiger partial charge in [0.25, 0.3) is 0 Å². The summed E-state index contributed by atoms with van der Waals surface area (Å²) in [4.78, 5) is 8.77. The van der Waals surface area contributed by atoms with Gasteiger partial charge in [0, 0.05) is 0 Å². The Morgan fingerprint density at radius 1 is 1.30 bits per heavy atom. The van der Waals surface area contributed by atoms with Crippen molar-refractivity contribution in [2.45, 2.75) is 38.3 Å². The average molecular weight is 161 g/mol. The van der Waals surface area contributed by atoms with E-state index in [4.69, 9.17) is 4.89 Å². The van der Waals surface area contributed by atoms with Crippen LogP contribution in [-0.4, -0.2) is 10.6 Å². The predicted molar refractivity (Wildman–Crippen MR) is 41.2 cm³/mol. The van der Waals surface area contributed by atoms with Crippen molar-refractivity contribution in [2.75, 3.05) is 0 Å². The molecule has 3 heteroatoms. The Hall–Kier alpha value is 0.0600. The van der Waals surface area contributed by atoms with Gasteiger partial charge in [0.05, 0.1) is 0 Å². The SMILES string of the molecule is CC1CCC([P+](=O)O)CC1. The zero-order chi connectivity index (χ0) is 7.56. The Bertz CT molecular complexity index is 128. The molecular weight excluding hydrogens is 147 g/mol. The summed E-state index contributed by atoms with van der Waals surface area (Å²) in [6.07, 6.45) is 4.17. The fraction of sp³-hybridized carbons (Fsp3) is 1.00. The van der Waals surface area contributed by atoms with E-state index in [1.807, 2.05) is 0 Å². The second-order valence-electron chi connectivity index (χ2n) is 3.22. The van der Waals surface area contributed by atoms with Crippen LogP contribution in [0.2, 0.25) is 0 Å². The average Bonchev–Trinajstić information content (AvgIpc) is 1.88. The summed E-state index contributed by atoms with van der Waals surface area (Å²) >= 11 is 0. The van der Waals surface area contributed by atoms with Crippen molar-refractivity contribution in [1.82, 2.24) is 0 Å². The van der Waals surface area contributed by atoms with Gasteiger partial charge in [-0.2, -0.15) is 4.89 Å². The molecule has 0 radical (unpaired) electrons. The van der Waals surface area contributed by atoms with E-state index in [-0.39, 0.29) is 5.66 Å². The monoisotopic (exact) mass is 161 g/mol. The van der Waals surface area contributed by atoms with Crippen LogP contribution >= 0.6 is 8.03 Å². The smallest absolute Gasteiger partial charge is 0.161 e. The highest BCUT2D eigenvalue weighted by Gasteiger charge is 2.32. The molecule has 0 heterocycles. The van der Waals surface area contributed by atoms with E-state index in [1.54, 1.807) is 0 Å². The topological polar surface area (TPSA) is 37.3 Å². The summed E-state index contributed by atoms with van der Waals surface area (Å²) in [5, 5.41) is 0. The largest absolute Gasteiger partial charge is 0.508 e. The minimum Gasteiger partial charge on any atom is -0.161 e. The fourth-order valence-corrected chi connectivity index (χ4v) is 2.20. The molecule has 0 amide bonds. The molecule has 1 fully saturated rings. The van der Waals surface area contributed by atoms with E-state index in [1.165, 1.54) is 0 Å². The molecule has 10 heavy (non-hydrogen) atoms. The molecule has 1 unspecified atom stereocenters. The molecule has 1 atom stereocenters. The Morgan fingerprint density at radius 2 is 1.80 bits per heavy atom. The van der Waals surface area contributed by atoms with Gasteiger partial charge in [-0.15, -0.1) is 0 Å². The molecule has 2 nitrogen and oxygen atoms in total. The van der Waals surface area contributed by atoms with Gasteiger partial charge in [-0.3, -0.25) is 0 Å². The van der Waals surface area contributed by atoms with Crippen molar-refractivity contribution in [2.24, 2.45) is 5.92 Å². The second kappa shape index (κ2) is 3.45. The molecule has 0 bridgehead atoms. The molecule has 58 valence electrons. The highest BCUT2D eigenvalue weighted by Crippen LogP contribution is 2.36. The predicted octanol–water partition coefficient (Wildman–Crippen LogP) is 2.30. The van der Waals surface area contributed by atoms with Crippen LogP contribution in [0.25, 0.3) is 0 Å². The van der Waals surface area contributed by atoms with Gasteiger partial charge in [0.15, 0.2) is 5.66 Å². The van der Waals surface area contributed by atoms with E-state index >= 15 is 0 Å². The van der Waals surface area contributed by atoms with Crippen LogP contribution in [0, 0.1) is 5.92 Å². The summed E-state index contributed by atoms with van der Waals surface area (Å²) in [6.45, 7) is 2.21. The van der Waals surface area contributed by atoms with Gasteiger partial charge < -0.3 is 0 Å². The van der Waals surface area contributed by atoms with E-state index in [9.17, 15) is 4.57 Å². The maximum atomic E-state index is 10.6. The first-order valence-electron chi connectivity index (χ1n) is 3.85. The van der Waals surface area contributed by atoms with Crippen LogP contribution in [0.15, 0.2) is 0 Å². The summed E-state index contributed by atoms with van der Waals surface area (Å²) in [5.74, 6) is 0.770. The first kappa shape index (κ1) is 8.16. The van der Waals surface area contributed by atoms with Gasteiger partial charge in [-0.25, -0.2) is 0 Å². The van der Waals surface area contributed by atoms with Crippen molar-refractivity contribution in [1.29, 1.82) is 0 Å². The molecule has 0 spiro atoms. The summed E-state index contributed by atoms with van der Waals surface area (Å²) in [6, 6.07) is 0. The van der Waals surface area contributed by atoms with Crippen LogP contribution < -0.4 is 0 Å². The third-order valence-electron chi connectivity index (χ3n) is 2.30. The van der Waals surface area contributed by atoms with E-state index < -0.39 is 8.03 Å². The lowest BCUT2D eigenvalue weighted by atomic mass is 9.91. The number of hydrogen-bond donors (Lipinski definition) is 1. The minimum absolute atomic E-state index is 0.103. The van der Waals surface area contributed by atoms with Crippen LogP contribution in [0.1, 0.15) is 32.6 Å². The molecule has 1 N–H and O–H groups in total. The Labute approximate surface area is 62.5 Å². The lowest BCUT2D eigenvalue weighted by molar-refractivity contribution is 0.370. The zero-order valence-corrected chi connectivity index (χ0v) is 7.18. The molecule has 1 saturated carbocycles. The first-order valence-corrected chi connectivity index (χ1v) is 5.13. The molecule has 0 aromatic heterocycles. The van der Waals surface area contributed by atoms with Crippen LogP contribution in [0.5, 0.6) is 0 Å². The maximum absolute atomic E-state index is 10.6. The first-order chi connectivity index (χ1) is 4.70. The Morgan fingerprint density at radius 3 is 2.20 bits per heavy atom. The van der Waals surface area contributed by atoms with Crippen LogP contribution in [-0.2, 0) is 4.57 Å². The normalized spacial score (nSPS) is 35.6. The molecule has 1 aliphatic carbocycles. The third-order valence-corrected chi connectivity index (χ3v) is 3.44. The molecule has 0 saturated heterocycles. The van der Waals surface area contributed by atoms with Crippen LogP contribution in [0.3, 0.4) is 0 Å². The van der Waals surface area contributed by atoms with Gasteiger partial charge in [0.1, 0.15) is 0 Å². The summed E-state index contributed by atoms with van der Waals surface area (Å²) in [5.41, 5.74) is 0.103. The lowest BCUT2D eigenvalue weighted by Gasteiger charge is -2.17. The van der Waals surface area contributed by atoms with Crippen molar-refractivity contribution < 1.29 is 9.46 Å².